The van der Waals surface area contributed by atoms with Gasteiger partial charge in [0.2, 0.25) is 0 Å². The first kappa shape index (κ1) is 12.2. The van der Waals surface area contributed by atoms with Crippen molar-refractivity contribution in [1.82, 2.24) is 4.98 Å². The largest absolute Gasteiger partial charge is 0.396 e. The summed E-state index contributed by atoms with van der Waals surface area (Å²) < 4.78 is 0. The van der Waals surface area contributed by atoms with E-state index in [0.717, 1.165) is 29.2 Å². The first-order valence-corrected chi connectivity index (χ1v) is 6.51. The van der Waals surface area contributed by atoms with Gasteiger partial charge in [0.05, 0.1) is 5.69 Å². The number of thioether (sulfide) groups is 1. The Morgan fingerprint density at radius 3 is 3.00 bits per heavy atom. The van der Waals surface area contributed by atoms with Crippen LogP contribution in [-0.2, 0) is 0 Å². The first-order valence-electron chi connectivity index (χ1n) is 5.11. The fraction of sp³-hybridized carbons (Fsp3) is 0.545. The minimum Gasteiger partial charge on any atom is -0.396 e. The number of hydrogen-bond donors (Lipinski definition) is 2. The number of aromatic nitrogens is 1. The van der Waals surface area contributed by atoms with Crippen LogP contribution in [0.3, 0.4) is 0 Å². The average Bonchev–Trinajstić information content (AvgIpc) is 2.22. The number of hydrogen-bond acceptors (Lipinski definition) is 4. The molecule has 0 aliphatic carbocycles. The molecular formula is C11H19N3S. The molecule has 0 bridgehead atoms. The van der Waals surface area contributed by atoms with E-state index >= 15 is 0 Å². The quantitative estimate of drug-likeness (QED) is 0.808. The molecule has 1 aromatic rings. The lowest BCUT2D eigenvalue weighted by Crippen LogP contribution is -2.18. The monoisotopic (exact) mass is 225 g/mol. The van der Waals surface area contributed by atoms with Gasteiger partial charge in [-0.1, -0.05) is 0 Å². The lowest BCUT2D eigenvalue weighted by atomic mass is 10.2. The lowest BCUT2D eigenvalue weighted by molar-refractivity contribution is 0.767. The normalized spacial score (nSPS) is 12.5. The topological polar surface area (TPSA) is 50.9 Å². The molecule has 0 aromatic carbocycles. The number of pyridine rings is 1. The third-order valence-electron chi connectivity index (χ3n) is 2.35. The molecule has 0 saturated carbocycles. The number of nitrogens with two attached hydrogens (primary N) is 1. The fourth-order valence-corrected chi connectivity index (χ4v) is 1.87. The van der Waals surface area contributed by atoms with Crippen LogP contribution < -0.4 is 11.1 Å². The Bertz CT molecular complexity index is 315. The molecule has 84 valence electrons. The molecular weight excluding hydrogens is 206 g/mol. The summed E-state index contributed by atoms with van der Waals surface area (Å²) in [6.45, 7) is 4.15. The minimum absolute atomic E-state index is 0.411. The Kier molecular flexibility index (Phi) is 4.75. The van der Waals surface area contributed by atoms with Crippen molar-refractivity contribution >= 4 is 23.3 Å². The van der Waals surface area contributed by atoms with E-state index in [0.29, 0.717) is 6.04 Å². The van der Waals surface area contributed by atoms with E-state index in [4.69, 9.17) is 5.73 Å². The van der Waals surface area contributed by atoms with Crippen molar-refractivity contribution in [2.45, 2.75) is 26.3 Å². The van der Waals surface area contributed by atoms with Crippen molar-refractivity contribution in [2.75, 3.05) is 23.1 Å². The van der Waals surface area contributed by atoms with Crippen molar-refractivity contribution in [3.8, 4) is 0 Å². The molecule has 1 atom stereocenters. The standard InChI is InChI=1S/C11H19N3S/c1-8-4-6-13-11(10(8)12)14-9(2)5-7-15-3/h4,6,9H,5,7,12H2,1-3H3,(H,13,14). The molecule has 1 unspecified atom stereocenters. The van der Waals surface area contributed by atoms with Crippen molar-refractivity contribution < 1.29 is 0 Å². The Labute approximate surface area is 95.9 Å². The Morgan fingerprint density at radius 1 is 1.60 bits per heavy atom. The Morgan fingerprint density at radius 2 is 2.33 bits per heavy atom. The maximum Gasteiger partial charge on any atom is 0.149 e. The van der Waals surface area contributed by atoms with E-state index in [1.165, 1.54) is 0 Å². The van der Waals surface area contributed by atoms with Gasteiger partial charge in [-0.25, -0.2) is 4.98 Å². The molecule has 0 radical (unpaired) electrons. The zero-order valence-corrected chi connectivity index (χ0v) is 10.4. The average molecular weight is 225 g/mol. The lowest BCUT2D eigenvalue weighted by Gasteiger charge is -2.16. The summed E-state index contributed by atoms with van der Waals surface area (Å²) in [6, 6.07) is 2.33. The maximum absolute atomic E-state index is 5.93. The highest BCUT2D eigenvalue weighted by atomic mass is 32.2. The highest BCUT2D eigenvalue weighted by Gasteiger charge is 2.06. The number of aryl methyl sites for hydroxylation is 1. The third-order valence-corrected chi connectivity index (χ3v) is 2.99. The molecule has 1 heterocycles. The molecule has 0 saturated heterocycles. The SMILES string of the molecule is CSCCC(C)Nc1nccc(C)c1N. The van der Waals surface area contributed by atoms with Crippen LogP contribution in [0.25, 0.3) is 0 Å². The van der Waals surface area contributed by atoms with Gasteiger partial charge in [-0.05, 0) is 43.9 Å². The van der Waals surface area contributed by atoms with E-state index in [2.05, 4.69) is 23.5 Å². The maximum atomic E-state index is 5.93. The highest BCUT2D eigenvalue weighted by Crippen LogP contribution is 2.20. The zero-order valence-electron chi connectivity index (χ0n) is 9.58. The van der Waals surface area contributed by atoms with Gasteiger partial charge in [0.25, 0.3) is 0 Å². The molecule has 1 aromatic heterocycles. The smallest absolute Gasteiger partial charge is 0.149 e. The second kappa shape index (κ2) is 5.85. The highest BCUT2D eigenvalue weighted by molar-refractivity contribution is 7.98. The molecule has 0 aliphatic heterocycles. The molecule has 1 rings (SSSR count). The minimum atomic E-state index is 0.411. The molecule has 0 fully saturated rings. The van der Waals surface area contributed by atoms with Crippen LogP contribution >= 0.6 is 11.8 Å². The van der Waals surface area contributed by atoms with Gasteiger partial charge < -0.3 is 11.1 Å². The second-order valence-corrected chi connectivity index (χ2v) is 4.70. The van der Waals surface area contributed by atoms with Crippen molar-refractivity contribution in [3.63, 3.8) is 0 Å². The molecule has 3 nitrogen and oxygen atoms in total. The summed E-state index contributed by atoms with van der Waals surface area (Å²) in [5, 5.41) is 3.34. The molecule has 4 heteroatoms. The third kappa shape index (κ3) is 3.63. The van der Waals surface area contributed by atoms with Gasteiger partial charge in [-0.15, -0.1) is 0 Å². The van der Waals surface area contributed by atoms with E-state index in [-0.39, 0.29) is 0 Å². The first-order chi connectivity index (χ1) is 7.15. The van der Waals surface area contributed by atoms with E-state index in [1.54, 1.807) is 6.20 Å². The van der Waals surface area contributed by atoms with Gasteiger partial charge in [-0.2, -0.15) is 11.8 Å². The van der Waals surface area contributed by atoms with Gasteiger partial charge in [0.15, 0.2) is 0 Å². The summed E-state index contributed by atoms with van der Waals surface area (Å²) in [5.41, 5.74) is 7.76. The van der Waals surface area contributed by atoms with Crippen molar-refractivity contribution in [1.29, 1.82) is 0 Å². The van der Waals surface area contributed by atoms with Crippen LogP contribution in [0.1, 0.15) is 18.9 Å². The fourth-order valence-electron chi connectivity index (χ4n) is 1.28. The van der Waals surface area contributed by atoms with E-state index in [9.17, 15) is 0 Å². The van der Waals surface area contributed by atoms with Gasteiger partial charge in [0, 0.05) is 12.2 Å². The summed E-state index contributed by atoms with van der Waals surface area (Å²) >= 11 is 1.86. The number of rotatable bonds is 5. The molecule has 0 aliphatic rings. The number of nitrogens with one attached hydrogen (secondary N) is 1. The zero-order chi connectivity index (χ0) is 11.3. The van der Waals surface area contributed by atoms with Crippen LogP contribution in [-0.4, -0.2) is 23.0 Å². The molecule has 0 amide bonds. The Hall–Kier alpha value is -0.900. The van der Waals surface area contributed by atoms with Crippen LogP contribution in [0.4, 0.5) is 11.5 Å². The van der Waals surface area contributed by atoms with Crippen molar-refractivity contribution in [3.05, 3.63) is 17.8 Å². The molecule has 0 spiro atoms. The predicted octanol–water partition coefficient (Wildman–Crippen LogP) is 2.53. The molecule has 3 N–H and O–H groups in total. The van der Waals surface area contributed by atoms with Crippen LogP contribution in [0.2, 0.25) is 0 Å². The van der Waals surface area contributed by atoms with Gasteiger partial charge >= 0.3 is 0 Å². The number of nitrogen functional groups attached to an aromatic ring is 1. The van der Waals surface area contributed by atoms with E-state index < -0.39 is 0 Å². The number of anilines is 2. The number of nitrogens with zero attached hydrogens (tertiary/aromatic N) is 1. The van der Waals surface area contributed by atoms with Crippen molar-refractivity contribution in [2.24, 2.45) is 0 Å². The van der Waals surface area contributed by atoms with Crippen LogP contribution in [0.5, 0.6) is 0 Å². The summed E-state index contributed by atoms with van der Waals surface area (Å²) in [7, 11) is 0. The van der Waals surface area contributed by atoms with Crippen LogP contribution in [0, 0.1) is 6.92 Å². The summed E-state index contributed by atoms with van der Waals surface area (Å²) in [5.74, 6) is 1.96. The van der Waals surface area contributed by atoms with E-state index in [1.807, 2.05) is 24.8 Å². The second-order valence-electron chi connectivity index (χ2n) is 3.72. The van der Waals surface area contributed by atoms with Gasteiger partial charge in [0.1, 0.15) is 5.82 Å². The van der Waals surface area contributed by atoms with Gasteiger partial charge in [-0.3, -0.25) is 0 Å². The molecule has 15 heavy (non-hydrogen) atoms. The Balaban J connectivity index is 2.60. The predicted molar refractivity (Wildman–Crippen MR) is 69.5 cm³/mol. The summed E-state index contributed by atoms with van der Waals surface area (Å²) in [4.78, 5) is 4.24. The van der Waals surface area contributed by atoms with Crippen LogP contribution in [0.15, 0.2) is 12.3 Å². The summed E-state index contributed by atoms with van der Waals surface area (Å²) in [6.07, 6.45) is 5.03.